The Labute approximate surface area is 183 Å². The van der Waals surface area contributed by atoms with Crippen molar-refractivity contribution in [2.75, 3.05) is 45.6 Å². The molecule has 9 nitrogen and oxygen atoms in total. The monoisotopic (exact) mass is 445 g/mol. The van der Waals surface area contributed by atoms with Gasteiger partial charge in [-0.05, 0) is 38.5 Å². The van der Waals surface area contributed by atoms with Gasteiger partial charge in [0, 0.05) is 19.2 Å². The molecule has 1 rings (SSSR count). The number of carboxylic acid groups (broad SMARTS) is 1. The molecule has 1 aromatic rings. The summed E-state index contributed by atoms with van der Waals surface area (Å²) in [5.74, 6) is -0.722. The number of unbranched alkanes of at least 4 members (excludes halogenated alkanes) is 1. The third-order valence-corrected chi connectivity index (χ3v) is 4.79. The van der Waals surface area contributed by atoms with Crippen molar-refractivity contribution >= 4 is 29.2 Å². The Balaban J connectivity index is 0.000000710. The van der Waals surface area contributed by atoms with Crippen molar-refractivity contribution < 1.29 is 19.4 Å². The summed E-state index contributed by atoms with van der Waals surface area (Å²) in [7, 11) is 1.50. The van der Waals surface area contributed by atoms with Gasteiger partial charge >= 0.3 is 5.97 Å². The smallest absolute Gasteiger partial charge is 0.320 e. The quantitative estimate of drug-likeness (QED) is 0.239. The summed E-state index contributed by atoms with van der Waals surface area (Å²) < 4.78 is 5.16. The number of carbonyl (C=O) groups is 2. The van der Waals surface area contributed by atoms with Gasteiger partial charge in [-0.1, -0.05) is 31.9 Å². The predicted molar refractivity (Wildman–Crippen MR) is 121 cm³/mol. The molecule has 0 heterocycles. The second kappa shape index (κ2) is 15.7. The van der Waals surface area contributed by atoms with Crippen molar-refractivity contribution in [1.29, 1.82) is 0 Å². The lowest BCUT2D eigenvalue weighted by atomic mass is 10.1. The minimum atomic E-state index is -0.933. The summed E-state index contributed by atoms with van der Waals surface area (Å²) in [6, 6.07) is 2.37. The molecule has 0 aromatic heterocycles. The van der Waals surface area contributed by atoms with Crippen molar-refractivity contribution in [3.8, 4) is 5.75 Å². The van der Waals surface area contributed by atoms with Gasteiger partial charge in [-0.2, -0.15) is 0 Å². The van der Waals surface area contributed by atoms with Crippen LogP contribution in [-0.2, 0) is 4.79 Å². The zero-order chi connectivity index (χ0) is 23.1. The number of amides is 1. The Morgan fingerprint density at radius 3 is 2.40 bits per heavy atom. The zero-order valence-corrected chi connectivity index (χ0v) is 18.9. The van der Waals surface area contributed by atoms with Crippen LogP contribution in [0.15, 0.2) is 12.1 Å². The van der Waals surface area contributed by atoms with Crippen LogP contribution in [0.3, 0.4) is 0 Å². The molecule has 30 heavy (non-hydrogen) atoms. The minimum Gasteiger partial charge on any atom is -0.496 e. The van der Waals surface area contributed by atoms with Gasteiger partial charge in [0.25, 0.3) is 5.91 Å². The molecule has 0 bridgehead atoms. The highest BCUT2D eigenvalue weighted by molar-refractivity contribution is 6.33. The number of methoxy groups -OCH3 is 1. The van der Waals surface area contributed by atoms with Crippen LogP contribution in [0, 0.1) is 0 Å². The molecule has 0 aliphatic rings. The number of ether oxygens (including phenoxy) is 1. The maximum Gasteiger partial charge on any atom is 0.320 e. The first-order valence-electron chi connectivity index (χ1n) is 10.0. The van der Waals surface area contributed by atoms with E-state index in [-0.39, 0.29) is 5.91 Å². The van der Waals surface area contributed by atoms with E-state index in [0.29, 0.717) is 41.5 Å². The second-order valence-corrected chi connectivity index (χ2v) is 6.99. The second-order valence-electron chi connectivity index (χ2n) is 6.59. The lowest BCUT2D eigenvalue weighted by Crippen LogP contribution is -2.34. The summed E-state index contributed by atoms with van der Waals surface area (Å²) in [5.41, 5.74) is 16.9. The van der Waals surface area contributed by atoms with Gasteiger partial charge in [0.15, 0.2) is 0 Å². The number of rotatable bonds is 12. The molecule has 1 unspecified atom stereocenters. The van der Waals surface area contributed by atoms with Crippen LogP contribution in [0.5, 0.6) is 5.75 Å². The molecule has 8 N–H and O–H groups in total. The number of nitrogens with one attached hydrogen (secondary N) is 1. The highest BCUT2D eigenvalue weighted by Gasteiger charge is 2.15. The molecule has 0 fully saturated rings. The molecule has 0 spiro atoms. The van der Waals surface area contributed by atoms with Crippen LogP contribution in [0.4, 0.5) is 5.69 Å². The maximum absolute atomic E-state index is 12.1. The number of anilines is 1. The number of nitrogens with two attached hydrogens (primary N) is 3. The number of nitrogens with zero attached hydrogens (tertiary/aromatic N) is 1. The van der Waals surface area contributed by atoms with Gasteiger partial charge in [0.2, 0.25) is 0 Å². The number of aliphatic carboxylic acids is 1. The molecule has 0 saturated heterocycles. The largest absolute Gasteiger partial charge is 0.496 e. The van der Waals surface area contributed by atoms with Gasteiger partial charge in [0.05, 0.1) is 23.4 Å². The van der Waals surface area contributed by atoms with Crippen molar-refractivity contribution in [3.63, 3.8) is 0 Å². The molecule has 1 aromatic carbocycles. The molecule has 1 amide bonds. The third kappa shape index (κ3) is 10.6. The average Bonchev–Trinajstić information content (AvgIpc) is 2.73. The zero-order valence-electron chi connectivity index (χ0n) is 18.1. The van der Waals surface area contributed by atoms with Crippen LogP contribution in [0.2, 0.25) is 5.02 Å². The number of carbonyl (C=O) groups excluding carboxylic acids is 1. The van der Waals surface area contributed by atoms with Crippen LogP contribution in [-0.4, -0.2) is 67.8 Å². The number of benzene rings is 1. The Kier molecular flexibility index (Phi) is 14.6. The predicted octanol–water partition coefficient (Wildman–Crippen LogP) is 1.53. The highest BCUT2D eigenvalue weighted by Crippen LogP contribution is 2.28. The fourth-order valence-electron chi connectivity index (χ4n) is 2.51. The number of halogens is 1. The van der Waals surface area contributed by atoms with E-state index in [0.717, 1.165) is 32.5 Å². The molecule has 0 saturated carbocycles. The van der Waals surface area contributed by atoms with Crippen LogP contribution in [0.25, 0.3) is 0 Å². The Hall–Kier alpha value is -2.07. The van der Waals surface area contributed by atoms with Crippen molar-refractivity contribution in [2.45, 2.75) is 39.2 Å². The molecule has 0 aliphatic heterocycles. The molecule has 0 aliphatic carbocycles. The number of carboxylic acids is 1. The number of likely N-dealkylation sites (N-methyl/N-ethyl adjacent to an activating group) is 1. The Morgan fingerprint density at radius 1 is 1.27 bits per heavy atom. The molecule has 10 heteroatoms. The Morgan fingerprint density at radius 2 is 1.90 bits per heavy atom. The molecule has 0 radical (unpaired) electrons. The van der Waals surface area contributed by atoms with Gasteiger partial charge < -0.3 is 37.3 Å². The lowest BCUT2D eigenvalue weighted by molar-refractivity contribution is -0.138. The average molecular weight is 446 g/mol. The summed E-state index contributed by atoms with van der Waals surface area (Å²) in [4.78, 5) is 24.5. The maximum atomic E-state index is 12.1. The first-order valence-corrected chi connectivity index (χ1v) is 10.4. The van der Waals surface area contributed by atoms with E-state index in [2.05, 4.69) is 24.1 Å². The number of hydrogen-bond acceptors (Lipinski definition) is 7. The molecular formula is C20H36ClN5O4. The topological polar surface area (TPSA) is 157 Å². The SMILES string of the molecule is CCN(CC)CCNC(=O)c1cc(Cl)c(N)cc1OC.NCCCCC(N)C(=O)O. The minimum absolute atomic E-state index is 0.212. The van der Waals surface area contributed by atoms with Crippen LogP contribution < -0.4 is 27.3 Å². The summed E-state index contributed by atoms with van der Waals surface area (Å²) in [6.45, 7) is 8.09. The molecular weight excluding hydrogens is 410 g/mol. The summed E-state index contributed by atoms with van der Waals surface area (Å²) in [6.07, 6.45) is 2.16. The van der Waals surface area contributed by atoms with E-state index in [9.17, 15) is 9.59 Å². The molecule has 172 valence electrons. The van der Waals surface area contributed by atoms with Gasteiger partial charge in [-0.25, -0.2) is 0 Å². The fraction of sp³-hybridized carbons (Fsp3) is 0.600. The van der Waals surface area contributed by atoms with Crippen molar-refractivity contribution in [3.05, 3.63) is 22.7 Å². The first-order chi connectivity index (χ1) is 14.2. The summed E-state index contributed by atoms with van der Waals surface area (Å²) in [5, 5.41) is 11.5. The van der Waals surface area contributed by atoms with Gasteiger partial charge in [-0.15, -0.1) is 0 Å². The highest BCUT2D eigenvalue weighted by atomic mass is 35.5. The molecule has 1 atom stereocenters. The Bertz CT molecular complexity index is 656. The lowest BCUT2D eigenvalue weighted by Gasteiger charge is -2.18. The first kappa shape index (κ1) is 27.9. The van der Waals surface area contributed by atoms with E-state index in [1.807, 2.05) is 0 Å². The van der Waals surface area contributed by atoms with E-state index in [1.54, 1.807) is 6.07 Å². The van der Waals surface area contributed by atoms with Gasteiger partial charge in [0.1, 0.15) is 11.8 Å². The fourth-order valence-corrected chi connectivity index (χ4v) is 2.67. The van der Waals surface area contributed by atoms with E-state index in [4.69, 9.17) is 38.6 Å². The van der Waals surface area contributed by atoms with Crippen LogP contribution >= 0.6 is 11.6 Å². The van der Waals surface area contributed by atoms with Crippen molar-refractivity contribution in [1.82, 2.24) is 10.2 Å². The van der Waals surface area contributed by atoms with Crippen LogP contribution in [0.1, 0.15) is 43.5 Å². The third-order valence-electron chi connectivity index (χ3n) is 4.46. The van der Waals surface area contributed by atoms with Gasteiger partial charge in [-0.3, -0.25) is 9.59 Å². The number of nitrogen functional groups attached to an aromatic ring is 1. The van der Waals surface area contributed by atoms with E-state index >= 15 is 0 Å². The van der Waals surface area contributed by atoms with E-state index < -0.39 is 12.0 Å². The van der Waals surface area contributed by atoms with E-state index in [1.165, 1.54) is 13.2 Å². The summed E-state index contributed by atoms with van der Waals surface area (Å²) >= 11 is 5.95. The standard InChI is InChI=1S/C14H22ClN3O2.C6H14N2O2/c1-4-18(5-2)7-6-17-14(19)10-8-11(15)12(16)9-13(10)20-3;7-4-2-1-3-5(8)6(9)10/h8-9H,4-7,16H2,1-3H3,(H,17,19);5H,1-4,7-8H2,(H,9,10). The van der Waals surface area contributed by atoms with Crippen molar-refractivity contribution in [2.24, 2.45) is 11.5 Å². The number of hydrogen-bond donors (Lipinski definition) is 5. The normalized spacial score (nSPS) is 11.4.